The summed E-state index contributed by atoms with van der Waals surface area (Å²) in [6, 6.07) is -0.235. The third-order valence-electron chi connectivity index (χ3n) is 1.30. The number of nitrogens with two attached hydrogens (primary N) is 1. The Balaban J connectivity index is 3.76. The number of rotatable bonds is 5. The maximum atomic E-state index is 10.5. The lowest BCUT2D eigenvalue weighted by molar-refractivity contribution is -0.150. The molecule has 0 aromatic carbocycles. The van der Waals surface area contributed by atoms with Crippen LogP contribution in [0, 0.1) is 0 Å². The first-order chi connectivity index (χ1) is 5.43. The van der Waals surface area contributed by atoms with Gasteiger partial charge in [0.25, 0.3) is 0 Å². The maximum Gasteiger partial charge on any atom is 0.372 e. The highest BCUT2D eigenvalue weighted by atomic mass is 16.4. The number of carbonyl (C=O) groups excluding carboxylic acids is 1. The van der Waals surface area contributed by atoms with Crippen LogP contribution in [0.2, 0.25) is 0 Å². The van der Waals surface area contributed by atoms with Gasteiger partial charge in [0.1, 0.15) is 0 Å². The van der Waals surface area contributed by atoms with E-state index in [1.54, 1.807) is 6.92 Å². The fourth-order valence-corrected chi connectivity index (χ4v) is 0.814. The average Bonchev–Trinajstić information content (AvgIpc) is 1.84. The molecule has 12 heavy (non-hydrogen) atoms. The summed E-state index contributed by atoms with van der Waals surface area (Å²) in [6.07, 6.45) is -1.08. The molecule has 0 saturated carbocycles. The van der Waals surface area contributed by atoms with Crippen molar-refractivity contribution >= 4 is 11.8 Å². The van der Waals surface area contributed by atoms with Crippen molar-refractivity contribution in [2.45, 2.75) is 31.9 Å². The second-order valence-corrected chi connectivity index (χ2v) is 2.80. The minimum absolute atomic E-state index is 0.235. The number of aliphatic hydroxyl groups is 1. The molecule has 5 heteroatoms. The first-order valence-electron chi connectivity index (χ1n) is 3.63. The van der Waals surface area contributed by atoms with E-state index in [9.17, 15) is 9.59 Å². The van der Waals surface area contributed by atoms with E-state index in [1.807, 2.05) is 0 Å². The predicted octanol–water partition coefficient (Wildman–Crippen LogP) is -0.872. The van der Waals surface area contributed by atoms with Crippen molar-refractivity contribution in [3.8, 4) is 0 Å². The molecule has 0 bridgehead atoms. The Morgan fingerprint density at radius 3 is 2.33 bits per heavy atom. The minimum Gasteiger partial charge on any atom is -0.475 e. The fraction of sp³-hybridized carbons (Fsp3) is 0.714. The third-order valence-corrected chi connectivity index (χ3v) is 1.30. The normalized spacial score (nSPS) is 15.2. The molecule has 0 fully saturated rings. The van der Waals surface area contributed by atoms with Crippen molar-refractivity contribution in [1.29, 1.82) is 0 Å². The summed E-state index contributed by atoms with van der Waals surface area (Å²) in [5.74, 6) is -2.50. The molecule has 0 heterocycles. The number of carbonyl (C=O) groups is 2. The number of ketones is 1. The van der Waals surface area contributed by atoms with E-state index < -0.39 is 17.9 Å². The molecule has 0 spiro atoms. The van der Waals surface area contributed by atoms with Gasteiger partial charge in [0.05, 0.1) is 6.10 Å². The monoisotopic (exact) mass is 175 g/mol. The summed E-state index contributed by atoms with van der Waals surface area (Å²) in [5.41, 5.74) is 5.33. The summed E-state index contributed by atoms with van der Waals surface area (Å²) in [7, 11) is 0. The van der Waals surface area contributed by atoms with Gasteiger partial charge in [-0.2, -0.15) is 0 Å². The summed E-state index contributed by atoms with van der Waals surface area (Å²) in [5, 5.41) is 17.2. The molecule has 4 N–H and O–H groups in total. The van der Waals surface area contributed by atoms with Crippen LogP contribution < -0.4 is 5.73 Å². The molecule has 2 atom stereocenters. The van der Waals surface area contributed by atoms with E-state index in [1.165, 1.54) is 0 Å². The zero-order valence-corrected chi connectivity index (χ0v) is 6.86. The first kappa shape index (κ1) is 11.1. The number of Topliss-reactive ketones (excluding diaryl/α,β-unsaturated/α-hetero) is 1. The smallest absolute Gasteiger partial charge is 0.372 e. The quantitative estimate of drug-likeness (QED) is 0.471. The van der Waals surface area contributed by atoms with Crippen LogP contribution in [0.25, 0.3) is 0 Å². The summed E-state index contributed by atoms with van der Waals surface area (Å²) in [6.45, 7) is 1.68. The zero-order valence-electron chi connectivity index (χ0n) is 6.86. The van der Waals surface area contributed by atoms with Crippen molar-refractivity contribution in [1.82, 2.24) is 0 Å². The summed E-state index contributed by atoms with van der Waals surface area (Å²) in [4.78, 5) is 20.6. The van der Waals surface area contributed by atoms with E-state index in [4.69, 9.17) is 15.9 Å². The molecule has 0 amide bonds. The lowest BCUT2D eigenvalue weighted by Crippen LogP contribution is -2.26. The van der Waals surface area contributed by atoms with Gasteiger partial charge in [-0.3, -0.25) is 4.79 Å². The van der Waals surface area contributed by atoms with Crippen molar-refractivity contribution in [2.24, 2.45) is 5.73 Å². The van der Waals surface area contributed by atoms with Crippen molar-refractivity contribution in [3.05, 3.63) is 0 Å². The topological polar surface area (TPSA) is 101 Å². The molecule has 5 nitrogen and oxygen atoms in total. The van der Waals surface area contributed by atoms with Gasteiger partial charge in [0.15, 0.2) is 0 Å². The SMILES string of the molecule is C[C@@H](N)C[C@@H](O)CC(=O)C(=O)O. The van der Waals surface area contributed by atoms with Crippen LogP contribution in [0.15, 0.2) is 0 Å². The third kappa shape index (κ3) is 4.81. The lowest BCUT2D eigenvalue weighted by atomic mass is 10.1. The van der Waals surface area contributed by atoms with E-state index in [2.05, 4.69) is 0 Å². The first-order valence-corrected chi connectivity index (χ1v) is 3.63. The summed E-state index contributed by atoms with van der Waals surface area (Å²) >= 11 is 0. The van der Waals surface area contributed by atoms with Crippen LogP contribution in [0.4, 0.5) is 0 Å². The van der Waals surface area contributed by atoms with Crippen LogP contribution >= 0.6 is 0 Å². The number of hydrogen-bond donors (Lipinski definition) is 3. The Morgan fingerprint density at radius 1 is 1.50 bits per heavy atom. The Labute approximate surface area is 70.2 Å². The maximum absolute atomic E-state index is 10.5. The van der Waals surface area contributed by atoms with Crippen LogP contribution in [-0.2, 0) is 9.59 Å². The van der Waals surface area contributed by atoms with E-state index in [0.717, 1.165) is 0 Å². The molecule has 0 unspecified atom stereocenters. The standard InChI is InChI=1S/C7H13NO4/c1-4(8)2-5(9)3-6(10)7(11)12/h4-5,9H,2-3,8H2,1H3,(H,11,12)/t4-,5-/m1/s1. The Hall–Kier alpha value is -0.940. The Morgan fingerprint density at radius 2 is 2.00 bits per heavy atom. The van der Waals surface area contributed by atoms with Gasteiger partial charge in [0, 0.05) is 12.5 Å². The van der Waals surface area contributed by atoms with Gasteiger partial charge in [-0.25, -0.2) is 4.79 Å². The molecule has 0 aliphatic carbocycles. The molecule has 0 aliphatic rings. The molecule has 0 aliphatic heterocycles. The Bertz CT molecular complexity index is 178. The molecule has 0 radical (unpaired) electrons. The van der Waals surface area contributed by atoms with Crippen molar-refractivity contribution in [3.63, 3.8) is 0 Å². The molecular formula is C7H13NO4. The van der Waals surface area contributed by atoms with Crippen LogP contribution in [0.3, 0.4) is 0 Å². The van der Waals surface area contributed by atoms with Crippen LogP contribution in [0.1, 0.15) is 19.8 Å². The van der Waals surface area contributed by atoms with Crippen molar-refractivity contribution in [2.75, 3.05) is 0 Å². The number of aliphatic hydroxyl groups excluding tert-OH is 1. The van der Waals surface area contributed by atoms with E-state index in [0.29, 0.717) is 0 Å². The number of carboxylic acids is 1. The predicted molar refractivity (Wildman–Crippen MR) is 41.5 cm³/mol. The highest BCUT2D eigenvalue weighted by Crippen LogP contribution is 2.01. The molecule has 0 rings (SSSR count). The van der Waals surface area contributed by atoms with Crippen LogP contribution in [0.5, 0.6) is 0 Å². The molecule has 0 aromatic rings. The number of carboxylic acid groups (broad SMARTS) is 1. The minimum atomic E-state index is -1.52. The lowest BCUT2D eigenvalue weighted by Gasteiger charge is -2.10. The zero-order chi connectivity index (χ0) is 9.72. The second-order valence-electron chi connectivity index (χ2n) is 2.80. The van der Waals surface area contributed by atoms with E-state index >= 15 is 0 Å². The van der Waals surface area contributed by atoms with Gasteiger partial charge in [-0.05, 0) is 13.3 Å². The van der Waals surface area contributed by atoms with Gasteiger partial charge < -0.3 is 15.9 Å². The van der Waals surface area contributed by atoms with Gasteiger partial charge in [-0.1, -0.05) is 0 Å². The van der Waals surface area contributed by atoms with Crippen LogP contribution in [-0.4, -0.2) is 34.1 Å². The average molecular weight is 175 g/mol. The molecular weight excluding hydrogens is 162 g/mol. The van der Waals surface area contributed by atoms with Crippen molar-refractivity contribution < 1.29 is 19.8 Å². The molecule has 0 aromatic heterocycles. The largest absolute Gasteiger partial charge is 0.475 e. The molecule has 70 valence electrons. The highest BCUT2D eigenvalue weighted by molar-refractivity contribution is 6.32. The Kier molecular flexibility index (Phi) is 4.46. The van der Waals surface area contributed by atoms with Gasteiger partial charge in [0.2, 0.25) is 5.78 Å². The van der Waals surface area contributed by atoms with E-state index in [-0.39, 0.29) is 18.9 Å². The molecule has 0 saturated heterocycles. The second kappa shape index (κ2) is 4.84. The number of aliphatic carboxylic acids is 1. The highest BCUT2D eigenvalue weighted by Gasteiger charge is 2.17. The van der Waals surface area contributed by atoms with Gasteiger partial charge in [-0.15, -0.1) is 0 Å². The fourth-order valence-electron chi connectivity index (χ4n) is 0.814. The number of hydrogen-bond acceptors (Lipinski definition) is 4. The van der Waals surface area contributed by atoms with Gasteiger partial charge >= 0.3 is 5.97 Å². The summed E-state index contributed by atoms with van der Waals surface area (Å²) < 4.78 is 0.